The van der Waals surface area contributed by atoms with Gasteiger partial charge in [0.25, 0.3) is 0 Å². The first kappa shape index (κ1) is 12.9. The summed E-state index contributed by atoms with van der Waals surface area (Å²) < 4.78 is 5.43. The Morgan fingerprint density at radius 3 is 1.93 bits per heavy atom. The molecule has 0 saturated carbocycles. The van der Waals surface area contributed by atoms with Crippen LogP contribution in [0.1, 0.15) is 47.5 Å². The molecule has 1 unspecified atom stereocenters. The Morgan fingerprint density at radius 1 is 1.20 bits per heavy atom. The Balaban J connectivity index is 2.75. The third-order valence-corrected chi connectivity index (χ3v) is 2.99. The standard InChI is InChI=1S/C11H23NO3/c1-8(13)15-9-6-10(2,3)12(14)11(4,5)7-9/h8-9,13-14H,6-7H2,1-5H3. The number of piperidine rings is 1. The van der Waals surface area contributed by atoms with Crippen molar-refractivity contribution in [3.63, 3.8) is 0 Å². The zero-order valence-electron chi connectivity index (χ0n) is 10.3. The molecule has 2 N–H and O–H groups in total. The van der Waals surface area contributed by atoms with Crippen LogP contribution in [0.4, 0.5) is 0 Å². The first-order valence-electron chi connectivity index (χ1n) is 5.48. The molecule has 0 amide bonds. The van der Waals surface area contributed by atoms with Crippen LogP contribution in [0.2, 0.25) is 0 Å². The van der Waals surface area contributed by atoms with Crippen molar-refractivity contribution in [3.8, 4) is 0 Å². The van der Waals surface area contributed by atoms with Crippen LogP contribution in [-0.4, -0.2) is 38.8 Å². The van der Waals surface area contributed by atoms with Gasteiger partial charge in [0.05, 0.1) is 6.10 Å². The van der Waals surface area contributed by atoms with E-state index in [0.29, 0.717) is 0 Å². The van der Waals surface area contributed by atoms with Gasteiger partial charge in [-0.2, -0.15) is 5.06 Å². The van der Waals surface area contributed by atoms with Crippen molar-refractivity contribution in [1.82, 2.24) is 5.06 Å². The van der Waals surface area contributed by atoms with Crippen LogP contribution in [0.25, 0.3) is 0 Å². The molecule has 0 bridgehead atoms. The van der Waals surface area contributed by atoms with Gasteiger partial charge in [0.2, 0.25) is 0 Å². The van der Waals surface area contributed by atoms with Crippen LogP contribution >= 0.6 is 0 Å². The molecule has 1 aliphatic rings. The predicted octanol–water partition coefficient (Wildman–Crippen LogP) is 1.75. The minimum absolute atomic E-state index is 0.00148. The lowest BCUT2D eigenvalue weighted by Crippen LogP contribution is -2.60. The average Bonchev–Trinajstić information content (AvgIpc) is 1.97. The fourth-order valence-corrected chi connectivity index (χ4v) is 2.55. The van der Waals surface area contributed by atoms with E-state index >= 15 is 0 Å². The zero-order chi connectivity index (χ0) is 11.9. The van der Waals surface area contributed by atoms with Gasteiger partial charge in [-0.1, -0.05) is 0 Å². The summed E-state index contributed by atoms with van der Waals surface area (Å²) in [6.07, 6.45) is 0.695. The van der Waals surface area contributed by atoms with E-state index in [4.69, 9.17) is 4.74 Å². The quantitative estimate of drug-likeness (QED) is 0.692. The van der Waals surface area contributed by atoms with Gasteiger partial charge in [0.1, 0.15) is 0 Å². The Labute approximate surface area is 91.8 Å². The largest absolute Gasteiger partial charge is 0.368 e. The van der Waals surface area contributed by atoms with Crippen LogP contribution in [0.3, 0.4) is 0 Å². The summed E-state index contributed by atoms with van der Waals surface area (Å²) in [5.41, 5.74) is -0.636. The van der Waals surface area contributed by atoms with Crippen LogP contribution in [-0.2, 0) is 4.74 Å². The molecule has 4 heteroatoms. The predicted molar refractivity (Wildman–Crippen MR) is 57.6 cm³/mol. The molecule has 0 radical (unpaired) electrons. The number of nitrogens with zero attached hydrogens (tertiary/aromatic N) is 1. The van der Waals surface area contributed by atoms with E-state index < -0.39 is 6.29 Å². The summed E-state index contributed by atoms with van der Waals surface area (Å²) in [4.78, 5) is 0. The molecule has 4 nitrogen and oxygen atoms in total. The first-order valence-corrected chi connectivity index (χ1v) is 5.48. The van der Waals surface area contributed by atoms with Crippen molar-refractivity contribution in [1.29, 1.82) is 0 Å². The monoisotopic (exact) mass is 217 g/mol. The van der Waals surface area contributed by atoms with E-state index in [1.807, 2.05) is 27.7 Å². The van der Waals surface area contributed by atoms with Crippen molar-refractivity contribution < 1.29 is 15.1 Å². The first-order chi connectivity index (χ1) is 6.65. The maximum atomic E-state index is 10.0. The molecule has 1 aliphatic heterocycles. The van der Waals surface area contributed by atoms with Crippen LogP contribution in [0, 0.1) is 0 Å². The van der Waals surface area contributed by atoms with Gasteiger partial charge in [-0.25, -0.2) is 0 Å². The summed E-state index contributed by atoms with van der Waals surface area (Å²) in [5.74, 6) is 0. The number of hydrogen-bond donors (Lipinski definition) is 2. The highest BCUT2D eigenvalue weighted by atomic mass is 16.6. The van der Waals surface area contributed by atoms with E-state index in [2.05, 4.69) is 0 Å². The highest BCUT2D eigenvalue weighted by molar-refractivity contribution is 4.96. The highest BCUT2D eigenvalue weighted by Crippen LogP contribution is 2.38. The SMILES string of the molecule is CC(O)OC1CC(C)(C)N(O)C(C)(C)C1. The van der Waals surface area contributed by atoms with Gasteiger partial charge in [-0.05, 0) is 47.5 Å². The van der Waals surface area contributed by atoms with Crippen LogP contribution < -0.4 is 0 Å². The van der Waals surface area contributed by atoms with Crippen LogP contribution in [0.15, 0.2) is 0 Å². The number of rotatable bonds is 2. The summed E-state index contributed by atoms with van der Waals surface area (Å²) in [6, 6.07) is 0. The van der Waals surface area contributed by atoms with Crippen molar-refractivity contribution >= 4 is 0 Å². The molecule has 1 rings (SSSR count). The van der Waals surface area contributed by atoms with Gasteiger partial charge in [-0.15, -0.1) is 0 Å². The molecule has 0 aromatic heterocycles. The lowest BCUT2D eigenvalue weighted by Gasteiger charge is -2.51. The van der Waals surface area contributed by atoms with Gasteiger partial charge in [0.15, 0.2) is 6.29 Å². The smallest absolute Gasteiger partial charge is 0.152 e. The number of hydrogen-bond acceptors (Lipinski definition) is 4. The Kier molecular flexibility index (Phi) is 3.45. The van der Waals surface area contributed by atoms with Crippen molar-refractivity contribution in [2.75, 3.05) is 0 Å². The summed E-state index contributed by atoms with van der Waals surface area (Å²) in [7, 11) is 0. The lowest BCUT2D eigenvalue weighted by atomic mass is 9.80. The number of aliphatic hydroxyl groups is 1. The molecule has 1 saturated heterocycles. The molecule has 0 aromatic rings. The third kappa shape index (κ3) is 2.91. The average molecular weight is 217 g/mol. The fraction of sp³-hybridized carbons (Fsp3) is 1.00. The number of hydroxylamine groups is 2. The third-order valence-electron chi connectivity index (χ3n) is 2.99. The highest BCUT2D eigenvalue weighted by Gasteiger charge is 2.45. The van der Waals surface area contributed by atoms with E-state index in [0.717, 1.165) is 12.8 Å². The fourth-order valence-electron chi connectivity index (χ4n) is 2.55. The number of ether oxygens (including phenoxy) is 1. The van der Waals surface area contributed by atoms with Crippen LogP contribution in [0.5, 0.6) is 0 Å². The second-order valence-electron chi connectivity index (χ2n) is 5.70. The van der Waals surface area contributed by atoms with Gasteiger partial charge in [0, 0.05) is 11.1 Å². The van der Waals surface area contributed by atoms with Gasteiger partial charge < -0.3 is 15.1 Å². The Hall–Kier alpha value is -0.160. The molecule has 15 heavy (non-hydrogen) atoms. The van der Waals surface area contributed by atoms with Crippen molar-refractivity contribution in [2.24, 2.45) is 0 Å². The number of aliphatic hydroxyl groups excluding tert-OH is 1. The van der Waals surface area contributed by atoms with E-state index in [1.165, 1.54) is 5.06 Å². The van der Waals surface area contributed by atoms with E-state index in [1.54, 1.807) is 6.92 Å². The van der Waals surface area contributed by atoms with E-state index in [-0.39, 0.29) is 17.2 Å². The molecule has 1 atom stereocenters. The molecule has 1 heterocycles. The van der Waals surface area contributed by atoms with Gasteiger partial charge >= 0.3 is 0 Å². The minimum Gasteiger partial charge on any atom is -0.368 e. The topological polar surface area (TPSA) is 52.9 Å². The molecular weight excluding hydrogens is 194 g/mol. The molecule has 0 aliphatic carbocycles. The molecular formula is C11H23NO3. The second-order valence-corrected chi connectivity index (χ2v) is 5.70. The van der Waals surface area contributed by atoms with Crippen molar-refractivity contribution in [3.05, 3.63) is 0 Å². The maximum absolute atomic E-state index is 10.0. The molecule has 90 valence electrons. The Bertz CT molecular complexity index is 208. The lowest BCUT2D eigenvalue weighted by molar-refractivity contribution is -0.272. The van der Waals surface area contributed by atoms with Gasteiger partial charge in [-0.3, -0.25) is 0 Å². The molecule has 0 aromatic carbocycles. The summed E-state index contributed by atoms with van der Waals surface area (Å²) >= 11 is 0. The second kappa shape index (κ2) is 4.01. The molecule has 0 spiro atoms. The normalized spacial score (nSPS) is 29.0. The Morgan fingerprint density at radius 2 is 1.60 bits per heavy atom. The molecule has 1 fully saturated rings. The van der Waals surface area contributed by atoms with Crippen molar-refractivity contribution in [2.45, 2.75) is 70.9 Å². The maximum Gasteiger partial charge on any atom is 0.152 e. The zero-order valence-corrected chi connectivity index (χ0v) is 10.3. The summed E-state index contributed by atoms with van der Waals surface area (Å²) in [6.45, 7) is 9.53. The summed E-state index contributed by atoms with van der Waals surface area (Å²) in [5, 5.41) is 20.6. The van der Waals surface area contributed by atoms with E-state index in [9.17, 15) is 10.3 Å². The minimum atomic E-state index is -0.744.